The standard InChI is InChI=1S/C25H33N3O4S3/c1-2-3-4-5-9-17-33-25-26-21-16-15-20(18-23(21)34-25)35(31,32)28-22(24(29)27-30)14-10-13-19-11-7-6-8-12-19/h6-8,11-12,15-16,18,22,28,30H,2-5,9-10,13-14,17H2,1H3,(H,27,29). The van der Waals surface area contributed by atoms with E-state index < -0.39 is 22.0 Å². The summed E-state index contributed by atoms with van der Waals surface area (Å²) in [4.78, 5) is 16.8. The van der Waals surface area contributed by atoms with Crippen LogP contribution in [-0.2, 0) is 21.2 Å². The lowest BCUT2D eigenvalue weighted by Gasteiger charge is -2.17. The van der Waals surface area contributed by atoms with E-state index in [1.165, 1.54) is 43.1 Å². The molecule has 1 amide bonds. The van der Waals surface area contributed by atoms with Crippen LogP contribution in [0.1, 0.15) is 57.4 Å². The van der Waals surface area contributed by atoms with E-state index in [2.05, 4.69) is 16.6 Å². The second kappa shape index (κ2) is 13.9. The summed E-state index contributed by atoms with van der Waals surface area (Å²) < 4.78 is 30.3. The van der Waals surface area contributed by atoms with Gasteiger partial charge in [-0.25, -0.2) is 18.9 Å². The predicted octanol–water partition coefficient (Wildman–Crippen LogP) is 5.53. The van der Waals surface area contributed by atoms with E-state index >= 15 is 0 Å². The van der Waals surface area contributed by atoms with Gasteiger partial charge in [-0.3, -0.25) is 10.0 Å². The Labute approximate surface area is 215 Å². The molecule has 0 aliphatic rings. The van der Waals surface area contributed by atoms with Crippen molar-refractivity contribution in [3.05, 3.63) is 54.1 Å². The van der Waals surface area contributed by atoms with Gasteiger partial charge in [-0.15, -0.1) is 11.3 Å². The third kappa shape index (κ3) is 8.57. The van der Waals surface area contributed by atoms with Crippen molar-refractivity contribution in [2.45, 2.75) is 73.6 Å². The molecule has 190 valence electrons. The maximum atomic E-state index is 13.1. The first-order valence-corrected chi connectivity index (χ1v) is 15.2. The maximum Gasteiger partial charge on any atom is 0.261 e. The zero-order chi connectivity index (χ0) is 25.1. The number of thiazole rings is 1. The number of nitrogens with zero attached hydrogens (tertiary/aromatic N) is 1. The first kappa shape index (κ1) is 27.6. The summed E-state index contributed by atoms with van der Waals surface area (Å²) in [5.74, 6) is 0.218. The fraction of sp³-hybridized carbons (Fsp3) is 0.440. The van der Waals surface area contributed by atoms with E-state index in [0.29, 0.717) is 12.8 Å². The fourth-order valence-electron chi connectivity index (χ4n) is 3.71. The van der Waals surface area contributed by atoms with E-state index in [4.69, 9.17) is 5.21 Å². The largest absolute Gasteiger partial charge is 0.289 e. The molecule has 3 aromatic rings. The Morgan fingerprint density at radius 3 is 2.60 bits per heavy atom. The molecule has 0 saturated carbocycles. The molecular formula is C25H33N3O4S3. The van der Waals surface area contributed by atoms with E-state index in [0.717, 1.165) is 32.3 Å². The number of benzene rings is 2. The van der Waals surface area contributed by atoms with Crippen LogP contribution in [0.15, 0.2) is 57.8 Å². The number of nitrogens with one attached hydrogen (secondary N) is 2. The van der Waals surface area contributed by atoms with Crippen LogP contribution in [0.4, 0.5) is 0 Å². The SMILES string of the molecule is CCCCCCCSc1nc2ccc(S(=O)(=O)NC(CCCc3ccccc3)C(=O)NO)cc2s1. The fourth-order valence-corrected chi connectivity index (χ4v) is 7.22. The highest BCUT2D eigenvalue weighted by Crippen LogP contribution is 2.31. The monoisotopic (exact) mass is 535 g/mol. The van der Waals surface area contributed by atoms with Gasteiger partial charge in [0.05, 0.1) is 15.1 Å². The third-order valence-electron chi connectivity index (χ3n) is 5.65. The minimum absolute atomic E-state index is 0.0727. The normalized spacial score (nSPS) is 12.6. The van der Waals surface area contributed by atoms with Crippen LogP contribution in [0.25, 0.3) is 10.2 Å². The molecule has 2 aromatic carbocycles. The van der Waals surface area contributed by atoms with Gasteiger partial charge in [-0.05, 0) is 49.4 Å². The Kier molecular flexibility index (Phi) is 11.0. The van der Waals surface area contributed by atoms with Crippen molar-refractivity contribution >= 4 is 49.2 Å². The van der Waals surface area contributed by atoms with E-state index in [1.54, 1.807) is 29.4 Å². The zero-order valence-corrected chi connectivity index (χ0v) is 22.4. The second-order valence-electron chi connectivity index (χ2n) is 8.40. The molecule has 0 bridgehead atoms. The van der Waals surface area contributed by atoms with Gasteiger partial charge >= 0.3 is 0 Å². The van der Waals surface area contributed by atoms with Gasteiger partial charge in [0.1, 0.15) is 6.04 Å². The van der Waals surface area contributed by atoms with Gasteiger partial charge in [0.15, 0.2) is 4.34 Å². The van der Waals surface area contributed by atoms with Crippen molar-refractivity contribution in [3.8, 4) is 0 Å². The molecule has 0 fully saturated rings. The van der Waals surface area contributed by atoms with Crippen LogP contribution in [0.5, 0.6) is 0 Å². The van der Waals surface area contributed by atoms with E-state index in [9.17, 15) is 13.2 Å². The topological polar surface area (TPSA) is 108 Å². The van der Waals surface area contributed by atoms with Crippen LogP contribution >= 0.6 is 23.1 Å². The molecule has 1 heterocycles. The number of hydrogen-bond donors (Lipinski definition) is 3. The molecule has 0 aliphatic heterocycles. The molecule has 3 N–H and O–H groups in total. The number of aryl methyl sites for hydroxylation is 1. The molecule has 0 radical (unpaired) electrons. The van der Waals surface area contributed by atoms with Crippen LogP contribution in [0.3, 0.4) is 0 Å². The molecule has 0 saturated heterocycles. The van der Waals surface area contributed by atoms with Gasteiger partial charge < -0.3 is 0 Å². The Bertz CT molecular complexity index is 1180. The molecule has 3 rings (SSSR count). The predicted molar refractivity (Wildman–Crippen MR) is 143 cm³/mol. The molecule has 7 nitrogen and oxygen atoms in total. The van der Waals surface area contributed by atoms with Crippen molar-refractivity contribution in [2.24, 2.45) is 0 Å². The van der Waals surface area contributed by atoms with E-state index in [-0.39, 0.29) is 11.3 Å². The Hall–Kier alpha value is -1.98. The van der Waals surface area contributed by atoms with Gasteiger partial charge in [-0.1, -0.05) is 74.7 Å². The molecule has 0 spiro atoms. The number of carbonyl (C=O) groups excluding carboxylic acids is 1. The molecule has 1 atom stereocenters. The van der Waals surface area contributed by atoms with Crippen molar-refractivity contribution in [3.63, 3.8) is 0 Å². The molecule has 1 aromatic heterocycles. The summed E-state index contributed by atoms with van der Waals surface area (Å²) >= 11 is 3.18. The first-order chi connectivity index (χ1) is 16.9. The Morgan fingerprint density at radius 1 is 1.09 bits per heavy atom. The minimum Gasteiger partial charge on any atom is -0.289 e. The Balaban J connectivity index is 1.62. The molecule has 35 heavy (non-hydrogen) atoms. The lowest BCUT2D eigenvalue weighted by molar-refractivity contribution is -0.131. The minimum atomic E-state index is -3.97. The van der Waals surface area contributed by atoms with Crippen molar-refractivity contribution in [2.75, 3.05) is 5.75 Å². The van der Waals surface area contributed by atoms with Crippen molar-refractivity contribution in [1.82, 2.24) is 15.2 Å². The van der Waals surface area contributed by atoms with Gasteiger partial charge in [0.25, 0.3) is 5.91 Å². The molecule has 10 heteroatoms. The Morgan fingerprint density at radius 2 is 1.86 bits per heavy atom. The summed E-state index contributed by atoms with van der Waals surface area (Å²) in [6, 6.07) is 13.5. The van der Waals surface area contributed by atoms with Crippen LogP contribution in [0, 0.1) is 0 Å². The number of fused-ring (bicyclic) bond motifs is 1. The number of aromatic nitrogens is 1. The molecule has 1 unspecified atom stereocenters. The summed E-state index contributed by atoms with van der Waals surface area (Å²) in [5, 5.41) is 9.12. The lowest BCUT2D eigenvalue weighted by Crippen LogP contribution is -2.45. The van der Waals surface area contributed by atoms with Crippen LogP contribution < -0.4 is 10.2 Å². The van der Waals surface area contributed by atoms with Gasteiger partial charge in [0, 0.05) is 5.75 Å². The number of thioether (sulfide) groups is 1. The summed E-state index contributed by atoms with van der Waals surface area (Å²) in [6.07, 6.45) is 7.64. The average molecular weight is 536 g/mol. The quantitative estimate of drug-likeness (QED) is 0.102. The molecular weight excluding hydrogens is 502 g/mol. The highest BCUT2D eigenvalue weighted by atomic mass is 32.2. The van der Waals surface area contributed by atoms with Crippen LogP contribution in [-0.4, -0.2) is 36.3 Å². The van der Waals surface area contributed by atoms with E-state index in [1.807, 2.05) is 30.3 Å². The lowest BCUT2D eigenvalue weighted by atomic mass is 10.1. The number of amides is 1. The van der Waals surface area contributed by atoms with Gasteiger partial charge in [-0.2, -0.15) is 4.72 Å². The van der Waals surface area contributed by atoms with Crippen LogP contribution in [0.2, 0.25) is 0 Å². The number of hydroxylamine groups is 1. The highest BCUT2D eigenvalue weighted by molar-refractivity contribution is 8.01. The van der Waals surface area contributed by atoms with Crippen molar-refractivity contribution < 1.29 is 18.4 Å². The average Bonchev–Trinajstić information content (AvgIpc) is 3.27. The number of hydrogen-bond acceptors (Lipinski definition) is 7. The second-order valence-corrected chi connectivity index (χ2v) is 12.5. The van der Waals surface area contributed by atoms with Crippen molar-refractivity contribution in [1.29, 1.82) is 0 Å². The highest BCUT2D eigenvalue weighted by Gasteiger charge is 2.26. The maximum absolute atomic E-state index is 13.1. The summed E-state index contributed by atoms with van der Waals surface area (Å²) in [6.45, 7) is 2.20. The van der Waals surface area contributed by atoms with Gasteiger partial charge in [0.2, 0.25) is 10.0 Å². The number of unbranched alkanes of at least 4 members (excludes halogenated alkanes) is 4. The number of rotatable bonds is 15. The zero-order valence-electron chi connectivity index (χ0n) is 19.9. The molecule has 0 aliphatic carbocycles. The first-order valence-electron chi connectivity index (χ1n) is 12.0. The summed E-state index contributed by atoms with van der Waals surface area (Å²) in [5.41, 5.74) is 3.44. The smallest absolute Gasteiger partial charge is 0.261 e. The number of carbonyl (C=O) groups is 1. The number of sulfonamides is 1. The third-order valence-corrected chi connectivity index (χ3v) is 9.37. The summed E-state index contributed by atoms with van der Waals surface area (Å²) in [7, 11) is -3.97.